The quantitative estimate of drug-likeness (QED) is 0.441. The lowest BCUT2D eigenvalue weighted by molar-refractivity contribution is 0.0940. The van der Waals surface area contributed by atoms with Crippen molar-refractivity contribution < 1.29 is 9.53 Å². The number of nitrogens with one attached hydrogen (secondary N) is 1. The van der Waals surface area contributed by atoms with Gasteiger partial charge in [0.25, 0.3) is 11.5 Å². The summed E-state index contributed by atoms with van der Waals surface area (Å²) in [6.45, 7) is 3.14. The van der Waals surface area contributed by atoms with E-state index in [-0.39, 0.29) is 17.5 Å². The second-order valence-corrected chi connectivity index (χ2v) is 8.39. The molecule has 1 unspecified atom stereocenters. The number of fused-ring (bicyclic) bond motifs is 3. The van der Waals surface area contributed by atoms with E-state index in [1.165, 1.54) is 0 Å². The van der Waals surface area contributed by atoms with Crippen LogP contribution in [0.3, 0.4) is 0 Å². The van der Waals surface area contributed by atoms with Crippen LogP contribution in [0.1, 0.15) is 28.9 Å². The van der Waals surface area contributed by atoms with Crippen molar-refractivity contribution >= 4 is 27.6 Å². The summed E-state index contributed by atoms with van der Waals surface area (Å²) >= 11 is 0. The molecule has 0 aliphatic carbocycles. The van der Waals surface area contributed by atoms with Gasteiger partial charge in [0.1, 0.15) is 5.75 Å². The van der Waals surface area contributed by atoms with Gasteiger partial charge >= 0.3 is 0 Å². The zero-order chi connectivity index (χ0) is 23.5. The second-order valence-electron chi connectivity index (χ2n) is 8.39. The summed E-state index contributed by atoms with van der Waals surface area (Å²) in [5.74, 6) is 0.541. The van der Waals surface area contributed by atoms with E-state index in [1.807, 2.05) is 62.3 Å². The van der Waals surface area contributed by atoms with E-state index in [4.69, 9.17) is 4.74 Å². The first-order valence-corrected chi connectivity index (χ1v) is 10.9. The number of aromatic nitrogens is 2. The maximum absolute atomic E-state index is 13.3. The van der Waals surface area contributed by atoms with Gasteiger partial charge in [-0.3, -0.25) is 14.6 Å². The number of hydrogen-bond donors (Lipinski definition) is 1. The van der Waals surface area contributed by atoms with Gasteiger partial charge in [0, 0.05) is 36.4 Å². The van der Waals surface area contributed by atoms with Gasteiger partial charge in [-0.05, 0) is 62.3 Å². The van der Waals surface area contributed by atoms with Gasteiger partial charge in [-0.15, -0.1) is 0 Å². The molecule has 0 fully saturated rings. The number of amides is 1. The molecule has 0 bridgehead atoms. The normalized spacial score (nSPS) is 12.3. The molecule has 0 spiro atoms. The molecular formula is C26H28N4O3. The Labute approximate surface area is 192 Å². The molecule has 4 rings (SSSR count). The van der Waals surface area contributed by atoms with E-state index < -0.39 is 0 Å². The average Bonchev–Trinajstić information content (AvgIpc) is 2.83. The van der Waals surface area contributed by atoms with E-state index in [1.54, 1.807) is 36.2 Å². The van der Waals surface area contributed by atoms with Crippen molar-refractivity contribution in [1.29, 1.82) is 0 Å². The predicted molar refractivity (Wildman–Crippen MR) is 131 cm³/mol. The molecule has 33 heavy (non-hydrogen) atoms. The number of pyridine rings is 2. The van der Waals surface area contributed by atoms with Crippen molar-refractivity contribution in [3.63, 3.8) is 0 Å². The molecule has 2 heterocycles. The molecule has 4 aromatic rings. The van der Waals surface area contributed by atoms with Gasteiger partial charge < -0.3 is 19.5 Å². The highest BCUT2D eigenvalue weighted by Crippen LogP contribution is 2.24. The van der Waals surface area contributed by atoms with Crippen molar-refractivity contribution in [2.45, 2.75) is 19.5 Å². The molecule has 1 N–H and O–H groups in total. The number of carbonyl (C=O) groups excluding carboxylic acids is 1. The van der Waals surface area contributed by atoms with Crippen LogP contribution >= 0.6 is 0 Å². The van der Waals surface area contributed by atoms with E-state index >= 15 is 0 Å². The van der Waals surface area contributed by atoms with Crippen molar-refractivity contribution in [2.24, 2.45) is 0 Å². The highest BCUT2D eigenvalue weighted by atomic mass is 16.5. The Morgan fingerprint density at radius 1 is 1.12 bits per heavy atom. The number of methoxy groups -OCH3 is 1. The number of hydrogen-bond acceptors (Lipinski definition) is 5. The Hall–Kier alpha value is -3.71. The van der Waals surface area contributed by atoms with Crippen molar-refractivity contribution in [2.75, 3.05) is 27.7 Å². The Balaban J connectivity index is 1.74. The van der Waals surface area contributed by atoms with Crippen LogP contribution in [0.2, 0.25) is 0 Å². The monoisotopic (exact) mass is 444 g/mol. The third-order valence-electron chi connectivity index (χ3n) is 5.85. The topological polar surface area (TPSA) is 76.5 Å². The van der Waals surface area contributed by atoms with Crippen LogP contribution in [0.5, 0.6) is 5.75 Å². The summed E-state index contributed by atoms with van der Waals surface area (Å²) in [5.41, 5.74) is 2.09. The molecule has 1 atom stereocenters. The molecule has 0 aliphatic heterocycles. The van der Waals surface area contributed by atoms with Crippen molar-refractivity contribution in [3.05, 3.63) is 82.4 Å². The Kier molecular flexibility index (Phi) is 6.42. The van der Waals surface area contributed by atoms with Crippen LogP contribution in [0.25, 0.3) is 21.7 Å². The summed E-state index contributed by atoms with van der Waals surface area (Å²) in [6.07, 6.45) is 3.29. The van der Waals surface area contributed by atoms with Gasteiger partial charge in [-0.2, -0.15) is 0 Å². The molecule has 1 amide bonds. The smallest absolute Gasteiger partial charge is 0.260 e. The SMILES string of the molecule is COc1cccc(C(C)NC(=O)c2ccc3c4ccncc4c(=O)n(CCN(C)C)c3c2)c1. The molecule has 170 valence electrons. The van der Waals surface area contributed by atoms with Gasteiger partial charge in [0.2, 0.25) is 0 Å². The molecular weight excluding hydrogens is 416 g/mol. The number of ether oxygens (including phenoxy) is 1. The molecule has 0 aliphatic rings. The minimum atomic E-state index is -0.207. The fraction of sp³-hybridized carbons (Fsp3) is 0.269. The Bertz CT molecular complexity index is 1380. The number of nitrogens with zero attached hydrogens (tertiary/aromatic N) is 3. The van der Waals surface area contributed by atoms with E-state index in [0.29, 0.717) is 24.0 Å². The number of likely N-dealkylation sites (N-methyl/N-ethyl adjacent to an activating group) is 1. The molecule has 7 nitrogen and oxygen atoms in total. The van der Waals surface area contributed by atoms with Crippen molar-refractivity contribution in [3.8, 4) is 5.75 Å². The lowest BCUT2D eigenvalue weighted by Crippen LogP contribution is -2.28. The van der Waals surface area contributed by atoms with Gasteiger partial charge in [0.15, 0.2) is 0 Å². The zero-order valence-electron chi connectivity index (χ0n) is 19.3. The van der Waals surface area contributed by atoms with Gasteiger partial charge in [0.05, 0.1) is 24.1 Å². The molecule has 0 saturated heterocycles. The van der Waals surface area contributed by atoms with Gasteiger partial charge in [-0.1, -0.05) is 18.2 Å². The van der Waals surface area contributed by atoms with Gasteiger partial charge in [-0.25, -0.2) is 0 Å². The number of rotatable bonds is 7. The highest BCUT2D eigenvalue weighted by Gasteiger charge is 2.16. The van der Waals surface area contributed by atoms with Crippen LogP contribution < -0.4 is 15.6 Å². The van der Waals surface area contributed by atoms with E-state index in [0.717, 1.165) is 27.6 Å². The summed E-state index contributed by atoms with van der Waals surface area (Å²) in [5, 5.41) is 5.38. The van der Waals surface area contributed by atoms with E-state index in [9.17, 15) is 9.59 Å². The summed E-state index contributed by atoms with van der Waals surface area (Å²) in [4.78, 5) is 32.5. The maximum Gasteiger partial charge on any atom is 0.260 e. The van der Waals surface area contributed by atoms with Crippen LogP contribution in [0.15, 0.2) is 65.7 Å². The van der Waals surface area contributed by atoms with Crippen molar-refractivity contribution in [1.82, 2.24) is 19.8 Å². The first kappa shape index (κ1) is 22.5. The fourth-order valence-corrected chi connectivity index (χ4v) is 3.97. The maximum atomic E-state index is 13.3. The first-order chi connectivity index (χ1) is 15.9. The van der Waals surface area contributed by atoms with Crippen LogP contribution in [-0.4, -0.2) is 48.1 Å². The summed E-state index contributed by atoms with van der Waals surface area (Å²) in [7, 11) is 5.55. The lowest BCUT2D eigenvalue weighted by Gasteiger charge is -2.18. The molecule has 2 aromatic heterocycles. The number of carbonyl (C=O) groups is 1. The van der Waals surface area contributed by atoms with Crippen LogP contribution in [0, 0.1) is 0 Å². The lowest BCUT2D eigenvalue weighted by atomic mass is 10.0. The second kappa shape index (κ2) is 9.42. The summed E-state index contributed by atoms with van der Waals surface area (Å²) < 4.78 is 7.03. The average molecular weight is 445 g/mol. The summed E-state index contributed by atoms with van der Waals surface area (Å²) in [6, 6.07) is 14.8. The molecule has 7 heteroatoms. The van der Waals surface area contributed by atoms with Crippen LogP contribution in [0.4, 0.5) is 0 Å². The molecule has 0 radical (unpaired) electrons. The predicted octanol–water partition coefficient (Wildman–Crippen LogP) is 3.61. The molecule has 0 saturated carbocycles. The highest BCUT2D eigenvalue weighted by molar-refractivity contribution is 6.07. The minimum absolute atomic E-state index is 0.102. The minimum Gasteiger partial charge on any atom is -0.497 e. The molecule has 2 aromatic carbocycles. The van der Waals surface area contributed by atoms with E-state index in [2.05, 4.69) is 10.3 Å². The third-order valence-corrected chi connectivity index (χ3v) is 5.85. The number of benzene rings is 2. The fourth-order valence-electron chi connectivity index (χ4n) is 3.97. The first-order valence-electron chi connectivity index (χ1n) is 10.9. The van der Waals surface area contributed by atoms with Crippen LogP contribution in [-0.2, 0) is 6.54 Å². The standard InChI is InChI=1S/C26H28N4O3/c1-17(18-6-5-7-20(14-18)33-4)28-25(31)19-8-9-22-21-10-11-27-16-23(21)26(32)30(24(22)15-19)13-12-29(2)3/h5-11,14-17H,12-13H2,1-4H3,(H,28,31). The largest absolute Gasteiger partial charge is 0.497 e. The Morgan fingerprint density at radius 3 is 2.70 bits per heavy atom. The zero-order valence-corrected chi connectivity index (χ0v) is 19.3. The third kappa shape index (κ3) is 4.59. The Morgan fingerprint density at radius 2 is 1.94 bits per heavy atom.